The molecule has 11 heteroatoms. The summed E-state index contributed by atoms with van der Waals surface area (Å²) in [5.41, 5.74) is 0.767. The van der Waals surface area contributed by atoms with Gasteiger partial charge >= 0.3 is 0 Å². The van der Waals surface area contributed by atoms with Crippen molar-refractivity contribution in [2.75, 3.05) is 17.1 Å². The van der Waals surface area contributed by atoms with Gasteiger partial charge in [0.1, 0.15) is 18.4 Å². The van der Waals surface area contributed by atoms with Crippen molar-refractivity contribution in [2.24, 2.45) is 0 Å². The molecule has 7 nitrogen and oxygen atoms in total. The van der Waals surface area contributed by atoms with Gasteiger partial charge in [0, 0.05) is 18.5 Å². The number of nitrogens with zero attached hydrogens (tertiary/aromatic N) is 2. The van der Waals surface area contributed by atoms with E-state index in [1.807, 2.05) is 51.1 Å². The van der Waals surface area contributed by atoms with Gasteiger partial charge in [0.25, 0.3) is 0 Å². The van der Waals surface area contributed by atoms with E-state index in [1.165, 1.54) is 23.1 Å². The van der Waals surface area contributed by atoms with Crippen LogP contribution in [0.2, 0.25) is 10.0 Å². The van der Waals surface area contributed by atoms with Crippen LogP contribution < -0.4 is 9.62 Å². The van der Waals surface area contributed by atoms with E-state index < -0.39 is 45.8 Å². The van der Waals surface area contributed by atoms with Crippen LogP contribution in [0.4, 0.5) is 10.1 Å². The van der Waals surface area contributed by atoms with Gasteiger partial charge in [-0.25, -0.2) is 12.8 Å². The molecule has 3 rings (SSSR count). The molecule has 0 unspecified atom stereocenters. The first-order chi connectivity index (χ1) is 18.6. The molecule has 0 saturated heterocycles. The Hall–Kier alpha value is -3.14. The van der Waals surface area contributed by atoms with Crippen molar-refractivity contribution in [3.63, 3.8) is 0 Å². The highest BCUT2D eigenvalue weighted by Gasteiger charge is 2.34. The van der Waals surface area contributed by atoms with Crippen LogP contribution in [-0.2, 0) is 32.6 Å². The first kappa shape index (κ1) is 31.4. The number of anilines is 1. The molecule has 3 aromatic rings. The lowest BCUT2D eigenvalue weighted by atomic mass is 10.0. The van der Waals surface area contributed by atoms with Gasteiger partial charge in [0.05, 0.1) is 22.0 Å². The minimum atomic E-state index is -4.00. The van der Waals surface area contributed by atoms with Crippen LogP contribution in [0.15, 0.2) is 72.8 Å². The molecular weight excluding hydrogens is 576 g/mol. The number of hydrogen-bond acceptors (Lipinski definition) is 4. The first-order valence-corrected chi connectivity index (χ1v) is 15.1. The standard InChI is InChI=1S/C29H32Cl2FN3O4S/c1-29(2,3)33-28(37)26(16-20-9-6-5-7-10-20)34(18-21-13-14-24(30)25(31)15-21)27(36)19-35(40(4,38)39)23-12-8-11-22(32)17-23/h5-15,17,26H,16,18-19H2,1-4H3,(H,33,37)/t26-/m1/s1. The number of benzene rings is 3. The van der Waals surface area contributed by atoms with Crippen molar-refractivity contribution < 1.29 is 22.4 Å². The molecule has 0 fully saturated rings. The van der Waals surface area contributed by atoms with Gasteiger partial charge in [-0.1, -0.05) is 65.7 Å². The Morgan fingerprint density at radius 1 is 0.925 bits per heavy atom. The van der Waals surface area contributed by atoms with E-state index in [1.54, 1.807) is 18.2 Å². The minimum absolute atomic E-state index is 0.0101. The van der Waals surface area contributed by atoms with Crippen molar-refractivity contribution in [3.8, 4) is 0 Å². The Morgan fingerprint density at radius 3 is 2.17 bits per heavy atom. The van der Waals surface area contributed by atoms with Crippen LogP contribution in [0.3, 0.4) is 0 Å². The Morgan fingerprint density at radius 2 is 1.60 bits per heavy atom. The van der Waals surface area contributed by atoms with Gasteiger partial charge < -0.3 is 10.2 Å². The van der Waals surface area contributed by atoms with E-state index in [-0.39, 0.29) is 23.7 Å². The molecule has 3 aromatic carbocycles. The van der Waals surface area contributed by atoms with Gasteiger partial charge in [-0.2, -0.15) is 0 Å². The molecule has 0 aliphatic heterocycles. The SMILES string of the molecule is CC(C)(C)NC(=O)[C@@H](Cc1ccccc1)N(Cc1ccc(Cl)c(Cl)c1)C(=O)CN(c1cccc(F)c1)S(C)(=O)=O. The fourth-order valence-electron chi connectivity index (χ4n) is 4.09. The lowest BCUT2D eigenvalue weighted by Crippen LogP contribution is -2.56. The lowest BCUT2D eigenvalue weighted by molar-refractivity contribution is -0.140. The zero-order valence-electron chi connectivity index (χ0n) is 22.7. The smallest absolute Gasteiger partial charge is 0.244 e. The van der Waals surface area contributed by atoms with Gasteiger partial charge in [0.15, 0.2) is 0 Å². The highest BCUT2D eigenvalue weighted by Crippen LogP contribution is 2.25. The van der Waals surface area contributed by atoms with Crippen LogP contribution in [-0.4, -0.2) is 49.5 Å². The second-order valence-corrected chi connectivity index (χ2v) is 13.2. The maximum atomic E-state index is 14.0. The summed E-state index contributed by atoms with van der Waals surface area (Å²) in [5.74, 6) is -1.73. The van der Waals surface area contributed by atoms with Crippen LogP contribution in [0.1, 0.15) is 31.9 Å². The molecule has 0 aromatic heterocycles. The number of amides is 2. The quantitative estimate of drug-likeness (QED) is 0.332. The Labute approximate surface area is 244 Å². The van der Waals surface area contributed by atoms with E-state index >= 15 is 0 Å². The van der Waals surface area contributed by atoms with Crippen LogP contribution in [0.5, 0.6) is 0 Å². The Kier molecular flexibility index (Phi) is 10.2. The Bertz CT molecular complexity index is 1460. The number of hydrogen-bond donors (Lipinski definition) is 1. The second kappa shape index (κ2) is 13.0. The summed E-state index contributed by atoms with van der Waals surface area (Å²) < 4.78 is 40.3. The van der Waals surface area contributed by atoms with Gasteiger partial charge in [-0.15, -0.1) is 0 Å². The summed E-state index contributed by atoms with van der Waals surface area (Å²) in [5, 5.41) is 3.53. The molecule has 214 valence electrons. The van der Waals surface area contributed by atoms with Crippen LogP contribution in [0.25, 0.3) is 0 Å². The normalized spacial score (nSPS) is 12.5. The fourth-order valence-corrected chi connectivity index (χ4v) is 5.25. The molecule has 2 amide bonds. The van der Waals surface area contributed by atoms with E-state index in [0.29, 0.717) is 10.6 Å². The number of halogens is 3. The first-order valence-electron chi connectivity index (χ1n) is 12.5. The minimum Gasteiger partial charge on any atom is -0.350 e. The van der Waals surface area contributed by atoms with E-state index in [2.05, 4.69) is 5.32 Å². The predicted octanol–water partition coefficient (Wildman–Crippen LogP) is 5.45. The van der Waals surface area contributed by atoms with Crippen molar-refractivity contribution in [1.82, 2.24) is 10.2 Å². The highest BCUT2D eigenvalue weighted by molar-refractivity contribution is 7.92. The maximum absolute atomic E-state index is 14.0. The van der Waals surface area contributed by atoms with Gasteiger partial charge in [-0.3, -0.25) is 13.9 Å². The van der Waals surface area contributed by atoms with Gasteiger partial charge in [-0.05, 0) is 62.2 Å². The molecule has 0 saturated carbocycles. The third-order valence-electron chi connectivity index (χ3n) is 5.88. The monoisotopic (exact) mass is 607 g/mol. The number of carbonyl (C=O) groups is 2. The van der Waals surface area contributed by atoms with E-state index in [9.17, 15) is 22.4 Å². The third kappa shape index (κ3) is 8.94. The number of carbonyl (C=O) groups excluding carboxylic acids is 2. The van der Waals surface area contributed by atoms with Crippen molar-refractivity contribution in [2.45, 2.75) is 45.3 Å². The third-order valence-corrected chi connectivity index (χ3v) is 7.76. The summed E-state index contributed by atoms with van der Waals surface area (Å²) in [7, 11) is -4.00. The summed E-state index contributed by atoms with van der Waals surface area (Å²) in [4.78, 5) is 29.0. The summed E-state index contributed by atoms with van der Waals surface area (Å²) in [6.45, 7) is 4.75. The zero-order chi connectivity index (χ0) is 29.7. The number of rotatable bonds is 10. The molecule has 0 bridgehead atoms. The summed E-state index contributed by atoms with van der Waals surface area (Å²) >= 11 is 12.3. The summed E-state index contributed by atoms with van der Waals surface area (Å²) in [6, 6.07) is 18.0. The van der Waals surface area contributed by atoms with Crippen molar-refractivity contribution in [3.05, 3.63) is 99.8 Å². The van der Waals surface area contributed by atoms with Gasteiger partial charge in [0.2, 0.25) is 21.8 Å². The van der Waals surface area contributed by atoms with Crippen molar-refractivity contribution >= 4 is 50.7 Å². The largest absolute Gasteiger partial charge is 0.350 e. The zero-order valence-corrected chi connectivity index (χ0v) is 25.0. The molecular formula is C29H32Cl2FN3O4S. The average Bonchev–Trinajstić information content (AvgIpc) is 2.85. The van der Waals surface area contributed by atoms with E-state index in [0.717, 1.165) is 22.2 Å². The molecule has 0 spiro atoms. The highest BCUT2D eigenvalue weighted by atomic mass is 35.5. The predicted molar refractivity (Wildman–Crippen MR) is 157 cm³/mol. The lowest BCUT2D eigenvalue weighted by Gasteiger charge is -2.35. The molecule has 0 aliphatic carbocycles. The Balaban J connectivity index is 2.09. The molecule has 1 N–H and O–H groups in total. The van der Waals surface area contributed by atoms with Crippen LogP contribution in [0, 0.1) is 5.82 Å². The maximum Gasteiger partial charge on any atom is 0.244 e. The summed E-state index contributed by atoms with van der Waals surface area (Å²) in [6.07, 6.45) is 1.09. The molecule has 0 heterocycles. The fraction of sp³-hybridized carbons (Fsp3) is 0.310. The average molecular weight is 609 g/mol. The van der Waals surface area contributed by atoms with Crippen molar-refractivity contribution in [1.29, 1.82) is 0 Å². The number of sulfonamides is 1. The topological polar surface area (TPSA) is 86.8 Å². The molecule has 1 atom stereocenters. The van der Waals surface area contributed by atoms with Crippen LogP contribution >= 0.6 is 23.2 Å². The second-order valence-electron chi connectivity index (χ2n) is 10.5. The van der Waals surface area contributed by atoms with E-state index in [4.69, 9.17) is 23.2 Å². The molecule has 0 aliphatic rings. The number of nitrogens with one attached hydrogen (secondary N) is 1. The molecule has 40 heavy (non-hydrogen) atoms. The molecule has 0 radical (unpaired) electrons.